The van der Waals surface area contributed by atoms with Crippen molar-refractivity contribution in [2.75, 3.05) is 6.79 Å². The molecular formula is C19H18BBrO7S. The van der Waals surface area contributed by atoms with Gasteiger partial charge < -0.3 is 19.2 Å². The molecule has 0 amide bonds. The zero-order chi connectivity index (χ0) is 21.0. The maximum absolute atomic E-state index is 12.4. The lowest BCUT2D eigenvalue weighted by molar-refractivity contribution is -0.149. The van der Waals surface area contributed by atoms with Crippen LogP contribution in [0.1, 0.15) is 34.1 Å². The predicted molar refractivity (Wildman–Crippen MR) is 110 cm³/mol. The number of benzene rings is 1. The number of ether oxygens (including phenoxy) is 2. The van der Waals surface area contributed by atoms with Crippen molar-refractivity contribution in [2.24, 2.45) is 0 Å². The van der Waals surface area contributed by atoms with Gasteiger partial charge >= 0.3 is 19.1 Å². The largest absolute Gasteiger partial charge is 0.535 e. The fourth-order valence-corrected chi connectivity index (χ4v) is 4.55. The number of hydrogen-bond acceptors (Lipinski definition) is 8. The number of rotatable bonds is 7. The molecule has 0 saturated heterocycles. The standard InChI is InChI=1S/C19H18BBrO7S/c1-11(22)26-10-27-19(24)17-4-2-3-12-5-13(20(25)28-18(12)17)6-15(23)8-16-7-14(21)9-29-16/h2-4,7,9,13,25H,5-6,8,10H2,1H3/t13-/m1/s1. The molecule has 0 fully saturated rings. The average molecular weight is 481 g/mol. The van der Waals surface area contributed by atoms with Crippen LogP contribution in [0.4, 0.5) is 0 Å². The molecule has 3 rings (SSSR count). The van der Waals surface area contributed by atoms with E-state index < -0.39 is 31.7 Å². The summed E-state index contributed by atoms with van der Waals surface area (Å²) in [7, 11) is -1.22. The van der Waals surface area contributed by atoms with Gasteiger partial charge in [-0.25, -0.2) is 4.79 Å². The third-order valence-electron chi connectivity index (χ3n) is 4.38. The highest BCUT2D eigenvalue weighted by atomic mass is 79.9. The van der Waals surface area contributed by atoms with Gasteiger partial charge in [0.15, 0.2) is 0 Å². The molecule has 29 heavy (non-hydrogen) atoms. The summed E-state index contributed by atoms with van der Waals surface area (Å²) in [5, 5.41) is 12.3. The lowest BCUT2D eigenvalue weighted by Crippen LogP contribution is -2.36. The molecule has 1 atom stereocenters. The van der Waals surface area contributed by atoms with Crippen molar-refractivity contribution in [3.63, 3.8) is 0 Å². The minimum absolute atomic E-state index is 0.00685. The van der Waals surface area contributed by atoms with Gasteiger partial charge in [0.05, 0.1) is 0 Å². The van der Waals surface area contributed by atoms with Crippen LogP contribution in [0.25, 0.3) is 0 Å². The molecule has 1 aliphatic rings. The summed E-state index contributed by atoms with van der Waals surface area (Å²) in [4.78, 5) is 36.4. The van der Waals surface area contributed by atoms with Crippen LogP contribution < -0.4 is 4.65 Å². The van der Waals surface area contributed by atoms with E-state index in [2.05, 4.69) is 20.7 Å². The number of esters is 2. The summed E-state index contributed by atoms with van der Waals surface area (Å²) in [5.74, 6) is -1.48. The first kappa shape index (κ1) is 21.5. The Morgan fingerprint density at radius 2 is 2.14 bits per heavy atom. The van der Waals surface area contributed by atoms with Crippen LogP contribution in [-0.4, -0.2) is 36.7 Å². The van der Waals surface area contributed by atoms with Crippen LogP contribution in [0.3, 0.4) is 0 Å². The fourth-order valence-electron chi connectivity index (χ4n) is 3.07. The van der Waals surface area contributed by atoms with Crippen molar-refractivity contribution in [3.8, 4) is 5.75 Å². The number of fused-ring (bicyclic) bond motifs is 1. The number of Topliss-reactive ketones (excluding diaryl/α,β-unsaturated/α-hetero) is 1. The Labute approximate surface area is 180 Å². The van der Waals surface area contributed by atoms with E-state index >= 15 is 0 Å². The van der Waals surface area contributed by atoms with Gasteiger partial charge in [-0.2, -0.15) is 0 Å². The third kappa shape index (κ3) is 5.68. The summed E-state index contributed by atoms with van der Waals surface area (Å²) in [6.45, 7) is 0.701. The maximum atomic E-state index is 12.4. The highest BCUT2D eigenvalue weighted by molar-refractivity contribution is 9.10. The van der Waals surface area contributed by atoms with Crippen molar-refractivity contribution in [2.45, 2.75) is 32.0 Å². The zero-order valence-electron chi connectivity index (χ0n) is 15.6. The first-order valence-electron chi connectivity index (χ1n) is 8.85. The molecule has 1 aliphatic heterocycles. The van der Waals surface area contributed by atoms with Crippen LogP contribution >= 0.6 is 27.3 Å². The van der Waals surface area contributed by atoms with Crippen molar-refractivity contribution in [1.82, 2.24) is 0 Å². The minimum Gasteiger partial charge on any atom is -0.535 e. The molecule has 1 aromatic heterocycles. The van der Waals surface area contributed by atoms with E-state index in [1.54, 1.807) is 12.1 Å². The Balaban J connectivity index is 1.65. The summed E-state index contributed by atoms with van der Waals surface area (Å²) in [5.41, 5.74) is 0.829. The van der Waals surface area contributed by atoms with E-state index in [-0.39, 0.29) is 23.5 Å². The molecule has 2 aromatic rings. The first-order chi connectivity index (χ1) is 13.8. The van der Waals surface area contributed by atoms with Crippen molar-refractivity contribution in [1.29, 1.82) is 0 Å². The van der Waals surface area contributed by atoms with Gasteiger partial charge in [-0.1, -0.05) is 12.1 Å². The second kappa shape index (κ2) is 9.56. The Hall–Kier alpha value is -2.17. The molecule has 1 aromatic carbocycles. The van der Waals surface area contributed by atoms with Gasteiger partial charge in [-0.05, 0) is 40.0 Å². The summed E-state index contributed by atoms with van der Waals surface area (Å²) < 4.78 is 16.0. The number of carbonyl (C=O) groups excluding carboxylic acids is 3. The highest BCUT2D eigenvalue weighted by Crippen LogP contribution is 2.37. The van der Waals surface area contributed by atoms with Crippen molar-refractivity contribution < 1.29 is 33.5 Å². The number of hydrogen-bond donors (Lipinski definition) is 1. The SMILES string of the molecule is CC(=O)OCOC(=O)c1cccc2c1OB(O)[C@@H](CC(=O)Cc1cc(Br)cs1)C2. The van der Waals surface area contributed by atoms with E-state index in [9.17, 15) is 19.4 Å². The number of carbonyl (C=O) groups is 3. The molecule has 0 unspecified atom stereocenters. The van der Waals surface area contributed by atoms with Crippen molar-refractivity contribution in [3.05, 3.63) is 50.1 Å². The lowest BCUT2D eigenvalue weighted by Gasteiger charge is -2.28. The van der Waals surface area contributed by atoms with Crippen LogP contribution in [-0.2, 0) is 31.9 Å². The Morgan fingerprint density at radius 1 is 1.34 bits per heavy atom. The minimum atomic E-state index is -1.22. The quantitative estimate of drug-likeness (QED) is 0.369. The van der Waals surface area contributed by atoms with E-state index in [0.29, 0.717) is 18.4 Å². The van der Waals surface area contributed by atoms with Gasteiger partial charge in [0, 0.05) is 40.3 Å². The molecular weight excluding hydrogens is 463 g/mol. The summed E-state index contributed by atoms with van der Waals surface area (Å²) >= 11 is 4.86. The Bertz CT molecular complexity index is 929. The van der Waals surface area contributed by atoms with Crippen LogP contribution in [0.2, 0.25) is 5.82 Å². The highest BCUT2D eigenvalue weighted by Gasteiger charge is 2.37. The fraction of sp³-hybridized carbons (Fsp3) is 0.316. The van der Waals surface area contributed by atoms with Gasteiger partial charge in [-0.15, -0.1) is 11.3 Å². The maximum Gasteiger partial charge on any atom is 0.526 e. The van der Waals surface area contributed by atoms with Gasteiger partial charge in [-0.3, -0.25) is 9.59 Å². The Morgan fingerprint density at radius 3 is 2.83 bits per heavy atom. The normalized spacial score (nSPS) is 15.3. The van der Waals surface area contributed by atoms with Gasteiger partial charge in [0.1, 0.15) is 17.1 Å². The van der Waals surface area contributed by atoms with E-state index in [1.807, 2.05) is 11.4 Å². The summed E-state index contributed by atoms with van der Waals surface area (Å²) in [6, 6.07) is 6.85. The molecule has 0 radical (unpaired) electrons. The van der Waals surface area contributed by atoms with E-state index in [1.165, 1.54) is 24.3 Å². The number of thiophene rings is 1. The van der Waals surface area contributed by atoms with Crippen LogP contribution in [0.5, 0.6) is 5.75 Å². The average Bonchev–Trinajstić information content (AvgIpc) is 3.06. The molecule has 152 valence electrons. The molecule has 2 heterocycles. The van der Waals surface area contributed by atoms with Gasteiger partial charge in [0.25, 0.3) is 0 Å². The molecule has 1 N–H and O–H groups in total. The zero-order valence-corrected chi connectivity index (χ0v) is 18.0. The molecule has 7 nitrogen and oxygen atoms in total. The van der Waals surface area contributed by atoms with E-state index in [0.717, 1.165) is 9.35 Å². The molecule has 10 heteroatoms. The van der Waals surface area contributed by atoms with E-state index in [4.69, 9.17) is 9.39 Å². The molecule has 0 aliphatic carbocycles. The molecule has 0 spiro atoms. The second-order valence-electron chi connectivity index (χ2n) is 6.60. The predicted octanol–water partition coefficient (Wildman–Crippen LogP) is 3.18. The summed E-state index contributed by atoms with van der Waals surface area (Å²) in [6.07, 6.45) is 0.855. The molecule has 0 bridgehead atoms. The smallest absolute Gasteiger partial charge is 0.526 e. The molecule has 0 saturated carbocycles. The van der Waals surface area contributed by atoms with Gasteiger partial charge in [0.2, 0.25) is 6.79 Å². The number of halogens is 1. The Kier molecular flexibility index (Phi) is 7.10. The topological polar surface area (TPSA) is 99.1 Å². The van der Waals surface area contributed by atoms with Crippen molar-refractivity contribution >= 4 is 52.1 Å². The monoisotopic (exact) mass is 480 g/mol. The second-order valence-corrected chi connectivity index (χ2v) is 8.51. The van der Waals surface area contributed by atoms with Crippen LogP contribution in [0, 0.1) is 0 Å². The third-order valence-corrected chi connectivity index (χ3v) is 6.07. The number of para-hydroxylation sites is 1. The lowest BCUT2D eigenvalue weighted by atomic mass is 9.64. The number of ketones is 1. The van der Waals surface area contributed by atoms with Crippen LogP contribution in [0.15, 0.2) is 34.1 Å². The first-order valence-corrected chi connectivity index (χ1v) is 10.5.